The van der Waals surface area contributed by atoms with Gasteiger partial charge in [0.05, 0.1) is 5.71 Å². The summed E-state index contributed by atoms with van der Waals surface area (Å²) >= 11 is 0. The Bertz CT molecular complexity index is 1070. The Hall–Kier alpha value is -4.21. The third-order valence-corrected chi connectivity index (χ3v) is 4.43. The van der Waals surface area contributed by atoms with Crippen LogP contribution in [-0.4, -0.2) is 32.2 Å². The maximum Gasteiger partial charge on any atom is 0.317 e. The average Bonchev–Trinajstić information content (AvgIpc) is 2.95. The van der Waals surface area contributed by atoms with E-state index in [4.69, 9.17) is 16.9 Å². The Labute approximate surface area is 180 Å². The first kappa shape index (κ1) is 23.1. The first-order valence-electron chi connectivity index (χ1n) is 9.39. The van der Waals surface area contributed by atoms with Gasteiger partial charge in [-0.1, -0.05) is 24.3 Å². The highest BCUT2D eigenvalue weighted by Crippen LogP contribution is 2.12. The van der Waals surface area contributed by atoms with E-state index in [0.29, 0.717) is 23.4 Å². The molecule has 1 aromatic heterocycles. The van der Waals surface area contributed by atoms with Gasteiger partial charge in [-0.2, -0.15) is 0 Å². The van der Waals surface area contributed by atoms with Gasteiger partial charge >= 0.3 is 6.03 Å². The van der Waals surface area contributed by atoms with Gasteiger partial charge in [0.1, 0.15) is 11.6 Å². The molecule has 0 saturated carbocycles. The molecule has 1 heterocycles. The zero-order valence-electron chi connectivity index (χ0n) is 17.6. The summed E-state index contributed by atoms with van der Waals surface area (Å²) in [6.45, 7) is 3.36. The number of nitrogens with two attached hydrogens (primary N) is 2. The fourth-order valence-electron chi connectivity index (χ4n) is 2.61. The summed E-state index contributed by atoms with van der Waals surface area (Å²) in [5, 5.41) is 14.3. The van der Waals surface area contributed by atoms with E-state index in [1.165, 1.54) is 23.0 Å². The molecular formula is C21H26N8O2. The van der Waals surface area contributed by atoms with Crippen LogP contribution in [-0.2, 0) is 7.05 Å². The number of hydrogen-bond donors (Lipinski definition) is 5. The second kappa shape index (κ2) is 10.5. The van der Waals surface area contributed by atoms with Crippen molar-refractivity contribution in [1.29, 1.82) is 5.41 Å². The molecule has 0 spiro atoms. The maximum atomic E-state index is 11.6. The second-order valence-electron chi connectivity index (χ2n) is 6.65. The second-order valence-corrected chi connectivity index (χ2v) is 6.65. The minimum absolute atomic E-state index is 0.0186. The van der Waals surface area contributed by atoms with Crippen molar-refractivity contribution in [3.05, 3.63) is 83.1 Å². The number of primary amides is 2. The monoisotopic (exact) mass is 422 g/mol. The number of aromatic nitrogens is 3. The summed E-state index contributed by atoms with van der Waals surface area (Å²) in [5.74, 6) is 0.0584. The van der Waals surface area contributed by atoms with E-state index in [2.05, 4.69) is 20.6 Å². The van der Waals surface area contributed by atoms with E-state index in [1.54, 1.807) is 20.9 Å². The van der Waals surface area contributed by atoms with Crippen LogP contribution in [0.3, 0.4) is 0 Å². The molecule has 0 saturated heterocycles. The molecule has 10 heteroatoms. The van der Waals surface area contributed by atoms with Crippen molar-refractivity contribution in [2.24, 2.45) is 18.5 Å². The van der Waals surface area contributed by atoms with Gasteiger partial charge in [0, 0.05) is 42.7 Å². The Morgan fingerprint density at radius 2 is 1.94 bits per heavy atom. The van der Waals surface area contributed by atoms with Gasteiger partial charge in [-0.05, 0) is 26.0 Å². The first-order valence-corrected chi connectivity index (χ1v) is 9.39. The molecule has 7 N–H and O–H groups in total. The van der Waals surface area contributed by atoms with Crippen LogP contribution in [0.25, 0.3) is 0 Å². The third-order valence-electron chi connectivity index (χ3n) is 4.43. The number of allylic oxidation sites excluding steroid dienone is 6. The molecule has 2 rings (SSSR count). The van der Waals surface area contributed by atoms with Crippen molar-refractivity contribution in [2.45, 2.75) is 20.3 Å². The van der Waals surface area contributed by atoms with Gasteiger partial charge in [0.2, 0.25) is 0 Å². The molecule has 1 aromatic rings. The smallest absolute Gasteiger partial charge is 0.317 e. The van der Waals surface area contributed by atoms with Crippen molar-refractivity contribution >= 4 is 17.6 Å². The van der Waals surface area contributed by atoms with Gasteiger partial charge < -0.3 is 21.4 Å². The predicted octanol–water partition coefficient (Wildman–Crippen LogP) is 1.60. The summed E-state index contributed by atoms with van der Waals surface area (Å²) in [5.41, 5.74) is 12.4. The highest BCUT2D eigenvalue weighted by molar-refractivity contribution is 6.10. The minimum Gasteiger partial charge on any atom is -0.363 e. The molecular weight excluding hydrogens is 396 g/mol. The standard InChI is InChI=1S/C21H26N8O2/c1-13(19(28-21(24)31)27-16-8-6-4-5-7-9-16)17(22)15-10-11-25-20(18(23)30)29(3)14(2)26-12-15/h4-8,10-12,22,27H,9H2,1-3H3,(H2,23,30)(H3,24,28,31)/b11-10?,15-12?,19-13+,22-17?,25-20?,26-14?. The molecule has 31 heavy (non-hydrogen) atoms. The van der Waals surface area contributed by atoms with Crippen LogP contribution in [0.15, 0.2) is 65.9 Å². The summed E-state index contributed by atoms with van der Waals surface area (Å²) in [6.07, 6.45) is 12.9. The summed E-state index contributed by atoms with van der Waals surface area (Å²) in [7, 11) is 1.62. The molecule has 0 unspecified atom stereocenters. The van der Waals surface area contributed by atoms with Crippen molar-refractivity contribution < 1.29 is 9.59 Å². The molecule has 1 aliphatic rings. The molecule has 0 aliphatic heterocycles. The number of nitrogens with one attached hydrogen (secondary N) is 3. The van der Waals surface area contributed by atoms with E-state index >= 15 is 0 Å². The van der Waals surface area contributed by atoms with Crippen LogP contribution < -0.4 is 22.1 Å². The lowest BCUT2D eigenvalue weighted by Gasteiger charge is -2.17. The molecule has 162 valence electrons. The number of nitrogens with zero attached hydrogens (tertiary/aromatic N) is 3. The third kappa shape index (κ3) is 6.39. The quantitative estimate of drug-likeness (QED) is 0.439. The van der Waals surface area contributed by atoms with E-state index in [-0.39, 0.29) is 17.4 Å². The van der Waals surface area contributed by atoms with Crippen LogP contribution in [0.5, 0.6) is 0 Å². The van der Waals surface area contributed by atoms with Crippen LogP contribution in [0.1, 0.15) is 35.4 Å². The fourth-order valence-corrected chi connectivity index (χ4v) is 2.61. The van der Waals surface area contributed by atoms with E-state index in [1.807, 2.05) is 30.4 Å². The molecule has 0 radical (unpaired) electrons. The summed E-state index contributed by atoms with van der Waals surface area (Å²) < 4.78 is 1.46. The summed E-state index contributed by atoms with van der Waals surface area (Å²) in [4.78, 5) is 31.6. The molecule has 0 bridgehead atoms. The van der Waals surface area contributed by atoms with Gasteiger partial charge in [-0.15, -0.1) is 0 Å². The molecule has 0 fully saturated rings. The number of hydrogen-bond acceptors (Lipinski definition) is 6. The van der Waals surface area contributed by atoms with Crippen molar-refractivity contribution in [2.75, 3.05) is 0 Å². The van der Waals surface area contributed by atoms with Crippen molar-refractivity contribution in [3.8, 4) is 0 Å². The van der Waals surface area contributed by atoms with E-state index in [9.17, 15) is 9.59 Å². The topological polar surface area (TPSA) is 165 Å². The SMILES string of the molecule is C/C(C(=N)c1ccnc(C(N)=O)n(C)c(C)nc1)=C(\NC(N)=O)NC1=CC=CC=CC1. The fraction of sp³-hybridized carbons (Fsp3) is 0.190. The Kier molecular flexibility index (Phi) is 7.84. The molecule has 0 aromatic carbocycles. The highest BCUT2D eigenvalue weighted by atomic mass is 16.2. The minimum atomic E-state index is -0.764. The van der Waals surface area contributed by atoms with Crippen LogP contribution in [0.2, 0.25) is 0 Å². The van der Waals surface area contributed by atoms with Crippen LogP contribution in [0.4, 0.5) is 4.79 Å². The van der Waals surface area contributed by atoms with Crippen LogP contribution >= 0.6 is 0 Å². The van der Waals surface area contributed by atoms with Gasteiger partial charge in [-0.25, -0.2) is 14.8 Å². The number of urea groups is 1. The van der Waals surface area contributed by atoms with Gasteiger partial charge in [-0.3, -0.25) is 15.5 Å². The molecule has 10 nitrogen and oxygen atoms in total. The number of aryl methyl sites for hydroxylation is 1. The van der Waals surface area contributed by atoms with E-state index < -0.39 is 11.9 Å². The lowest BCUT2D eigenvalue weighted by Crippen LogP contribution is -2.36. The van der Waals surface area contributed by atoms with Gasteiger partial charge in [0.25, 0.3) is 5.91 Å². The first-order chi connectivity index (χ1) is 14.7. The number of amides is 3. The summed E-state index contributed by atoms with van der Waals surface area (Å²) in [6, 6.07) is 0.767. The van der Waals surface area contributed by atoms with Crippen molar-refractivity contribution in [3.63, 3.8) is 0 Å². The Morgan fingerprint density at radius 1 is 1.19 bits per heavy atom. The lowest BCUT2D eigenvalue weighted by atomic mass is 10.1. The lowest BCUT2D eigenvalue weighted by molar-refractivity contribution is 0.0986. The maximum absolute atomic E-state index is 11.6. The zero-order valence-corrected chi connectivity index (χ0v) is 17.6. The molecule has 3 amide bonds. The Morgan fingerprint density at radius 3 is 2.61 bits per heavy atom. The van der Waals surface area contributed by atoms with Gasteiger partial charge in [0.15, 0.2) is 5.82 Å². The van der Waals surface area contributed by atoms with E-state index in [0.717, 1.165) is 5.70 Å². The highest BCUT2D eigenvalue weighted by Gasteiger charge is 2.13. The normalized spacial score (nSPS) is 13.3. The number of rotatable bonds is 6. The molecule has 1 aliphatic carbocycles. The number of carbonyl (C=O) groups is 2. The average molecular weight is 422 g/mol. The predicted molar refractivity (Wildman–Crippen MR) is 118 cm³/mol. The largest absolute Gasteiger partial charge is 0.363 e. The number of carbonyl (C=O) groups excluding carboxylic acids is 2. The Balaban J connectivity index is 2.52. The van der Waals surface area contributed by atoms with Crippen LogP contribution in [0, 0.1) is 12.3 Å². The zero-order chi connectivity index (χ0) is 23.0. The molecule has 0 atom stereocenters. The van der Waals surface area contributed by atoms with Crippen molar-refractivity contribution in [1.82, 2.24) is 25.2 Å².